The van der Waals surface area contributed by atoms with E-state index >= 15 is 0 Å². The molecule has 1 aromatic rings. The number of hydrogen-bond donors (Lipinski definition) is 1. The first-order chi connectivity index (χ1) is 7.29. The van der Waals surface area contributed by atoms with E-state index in [1.54, 1.807) is 0 Å². The van der Waals surface area contributed by atoms with E-state index in [4.69, 9.17) is 0 Å². The molecular weight excluding hydrogens is 208 g/mol. The average Bonchev–Trinajstić information content (AvgIpc) is 2.69. The second-order valence-corrected chi connectivity index (χ2v) is 4.97. The molecule has 3 nitrogen and oxygen atoms in total. The van der Waals surface area contributed by atoms with E-state index in [2.05, 4.69) is 24.4 Å². The third-order valence-corrected chi connectivity index (χ3v) is 3.81. The number of thiophene rings is 1. The quantitative estimate of drug-likeness (QED) is 0.838. The van der Waals surface area contributed by atoms with Gasteiger partial charge in [0.15, 0.2) is 0 Å². The summed E-state index contributed by atoms with van der Waals surface area (Å²) < 4.78 is 0. The van der Waals surface area contributed by atoms with Crippen LogP contribution in [0.3, 0.4) is 0 Å². The van der Waals surface area contributed by atoms with Gasteiger partial charge in [-0.15, -0.1) is 11.3 Å². The molecule has 0 spiro atoms. The van der Waals surface area contributed by atoms with Gasteiger partial charge < -0.3 is 10.2 Å². The molecule has 82 valence electrons. The number of nitrogens with one attached hydrogen (secondary N) is 1. The molecule has 0 radical (unpaired) electrons. The lowest BCUT2D eigenvalue weighted by molar-refractivity contribution is -0.132. The molecule has 4 heteroatoms. The summed E-state index contributed by atoms with van der Waals surface area (Å²) in [5.74, 6) is 0.215. The molecule has 1 N–H and O–H groups in total. The monoisotopic (exact) mass is 224 g/mol. The van der Waals surface area contributed by atoms with E-state index in [1.807, 2.05) is 16.2 Å². The molecule has 1 aromatic heterocycles. The van der Waals surface area contributed by atoms with Gasteiger partial charge in [-0.25, -0.2) is 0 Å². The molecule has 1 aliphatic rings. The van der Waals surface area contributed by atoms with Crippen molar-refractivity contribution in [3.63, 3.8) is 0 Å². The molecule has 15 heavy (non-hydrogen) atoms. The Kier molecular flexibility index (Phi) is 3.38. The van der Waals surface area contributed by atoms with Crippen molar-refractivity contribution in [2.75, 3.05) is 19.6 Å². The molecule has 1 aliphatic heterocycles. The predicted molar refractivity (Wildman–Crippen MR) is 62.0 cm³/mol. The zero-order valence-electron chi connectivity index (χ0n) is 8.95. The second-order valence-electron chi connectivity index (χ2n) is 3.71. The van der Waals surface area contributed by atoms with Crippen LogP contribution in [-0.2, 0) is 17.8 Å². The Bertz CT molecular complexity index is 348. The van der Waals surface area contributed by atoms with Crippen molar-refractivity contribution in [2.24, 2.45) is 0 Å². The number of piperazine rings is 1. The Morgan fingerprint density at radius 2 is 2.27 bits per heavy atom. The zero-order chi connectivity index (χ0) is 10.7. The lowest BCUT2D eigenvalue weighted by Crippen LogP contribution is -2.47. The summed E-state index contributed by atoms with van der Waals surface area (Å²) in [7, 11) is 0. The first kappa shape index (κ1) is 10.6. The maximum Gasteiger partial charge on any atom is 0.236 e. The minimum atomic E-state index is 0.215. The van der Waals surface area contributed by atoms with Gasteiger partial charge in [0, 0.05) is 22.8 Å². The molecule has 0 bridgehead atoms. The Hall–Kier alpha value is -0.870. The molecule has 1 fully saturated rings. The van der Waals surface area contributed by atoms with Crippen LogP contribution in [0.2, 0.25) is 0 Å². The van der Waals surface area contributed by atoms with Gasteiger partial charge in [-0.05, 0) is 18.6 Å². The molecule has 0 unspecified atom stereocenters. The van der Waals surface area contributed by atoms with Crippen LogP contribution in [0, 0.1) is 0 Å². The van der Waals surface area contributed by atoms with Gasteiger partial charge in [0.1, 0.15) is 0 Å². The fourth-order valence-electron chi connectivity index (χ4n) is 1.70. The summed E-state index contributed by atoms with van der Waals surface area (Å²) >= 11 is 1.81. The van der Waals surface area contributed by atoms with Crippen LogP contribution in [0.5, 0.6) is 0 Å². The summed E-state index contributed by atoms with van der Waals surface area (Å²) in [6.45, 7) is 5.18. The highest BCUT2D eigenvalue weighted by Crippen LogP contribution is 2.18. The van der Waals surface area contributed by atoms with Crippen LogP contribution in [-0.4, -0.2) is 30.4 Å². The van der Waals surface area contributed by atoms with Gasteiger partial charge >= 0.3 is 0 Å². The summed E-state index contributed by atoms with van der Waals surface area (Å²) in [5, 5.41) is 3.08. The molecular formula is C11H16N2OS. The van der Waals surface area contributed by atoms with Crippen molar-refractivity contribution in [3.8, 4) is 0 Å². The minimum Gasteiger partial charge on any atom is -0.335 e. The van der Waals surface area contributed by atoms with Crippen LogP contribution in [0.25, 0.3) is 0 Å². The maximum absolute atomic E-state index is 11.5. The van der Waals surface area contributed by atoms with Gasteiger partial charge in [0.05, 0.1) is 13.1 Å². The fraction of sp³-hybridized carbons (Fsp3) is 0.545. The van der Waals surface area contributed by atoms with Gasteiger partial charge in [-0.1, -0.05) is 6.92 Å². The van der Waals surface area contributed by atoms with Gasteiger partial charge in [-0.3, -0.25) is 4.79 Å². The Balaban J connectivity index is 1.98. The Morgan fingerprint density at radius 1 is 1.47 bits per heavy atom. The number of carbonyl (C=O) groups excluding carboxylic acids is 1. The fourth-order valence-corrected chi connectivity index (χ4v) is 2.67. The highest BCUT2D eigenvalue weighted by atomic mass is 32.1. The van der Waals surface area contributed by atoms with Crippen LogP contribution in [0.4, 0.5) is 0 Å². The van der Waals surface area contributed by atoms with E-state index in [0.717, 1.165) is 26.1 Å². The summed E-state index contributed by atoms with van der Waals surface area (Å²) in [6, 6.07) is 4.30. The van der Waals surface area contributed by atoms with E-state index in [0.29, 0.717) is 6.54 Å². The molecule has 2 rings (SSSR count). The molecule has 0 aliphatic carbocycles. The normalized spacial score (nSPS) is 17.1. The van der Waals surface area contributed by atoms with Crippen molar-refractivity contribution in [3.05, 3.63) is 21.9 Å². The topological polar surface area (TPSA) is 32.3 Å². The number of aryl methyl sites for hydroxylation is 1. The SMILES string of the molecule is CCc1ccc(CN2CCNCC2=O)s1. The van der Waals surface area contributed by atoms with E-state index < -0.39 is 0 Å². The number of amides is 1. The lowest BCUT2D eigenvalue weighted by atomic mass is 10.3. The van der Waals surface area contributed by atoms with Gasteiger partial charge in [0.25, 0.3) is 0 Å². The number of rotatable bonds is 3. The van der Waals surface area contributed by atoms with Crippen molar-refractivity contribution >= 4 is 17.2 Å². The van der Waals surface area contributed by atoms with Crippen LogP contribution >= 0.6 is 11.3 Å². The standard InChI is InChI=1S/C11H16N2OS/c1-2-9-3-4-10(15-9)8-13-6-5-12-7-11(13)14/h3-4,12H,2,5-8H2,1H3. The van der Waals surface area contributed by atoms with Crippen molar-refractivity contribution in [2.45, 2.75) is 19.9 Å². The van der Waals surface area contributed by atoms with Crippen molar-refractivity contribution in [1.82, 2.24) is 10.2 Å². The molecule has 0 saturated carbocycles. The molecule has 1 saturated heterocycles. The Labute approximate surface area is 94.1 Å². The van der Waals surface area contributed by atoms with E-state index in [-0.39, 0.29) is 5.91 Å². The van der Waals surface area contributed by atoms with Crippen LogP contribution in [0.15, 0.2) is 12.1 Å². The highest BCUT2D eigenvalue weighted by molar-refractivity contribution is 7.11. The van der Waals surface area contributed by atoms with E-state index in [1.165, 1.54) is 9.75 Å². The first-order valence-electron chi connectivity index (χ1n) is 5.35. The third-order valence-electron chi connectivity index (χ3n) is 2.60. The largest absolute Gasteiger partial charge is 0.335 e. The highest BCUT2D eigenvalue weighted by Gasteiger charge is 2.17. The number of nitrogens with zero attached hydrogens (tertiary/aromatic N) is 1. The minimum absolute atomic E-state index is 0.215. The molecule has 0 aromatic carbocycles. The third kappa shape index (κ3) is 2.58. The maximum atomic E-state index is 11.5. The predicted octanol–water partition coefficient (Wildman–Crippen LogP) is 1.24. The summed E-state index contributed by atoms with van der Waals surface area (Å²) in [6.07, 6.45) is 1.08. The average molecular weight is 224 g/mol. The van der Waals surface area contributed by atoms with Crippen molar-refractivity contribution < 1.29 is 4.79 Å². The second kappa shape index (κ2) is 4.77. The first-order valence-corrected chi connectivity index (χ1v) is 6.17. The molecule has 0 atom stereocenters. The smallest absolute Gasteiger partial charge is 0.236 e. The van der Waals surface area contributed by atoms with Gasteiger partial charge in [0.2, 0.25) is 5.91 Å². The summed E-state index contributed by atoms with van der Waals surface area (Å²) in [5.41, 5.74) is 0. The van der Waals surface area contributed by atoms with Crippen LogP contribution < -0.4 is 5.32 Å². The van der Waals surface area contributed by atoms with E-state index in [9.17, 15) is 4.79 Å². The van der Waals surface area contributed by atoms with Crippen molar-refractivity contribution in [1.29, 1.82) is 0 Å². The zero-order valence-corrected chi connectivity index (χ0v) is 9.77. The van der Waals surface area contributed by atoms with Crippen LogP contribution in [0.1, 0.15) is 16.7 Å². The van der Waals surface area contributed by atoms with Gasteiger partial charge in [-0.2, -0.15) is 0 Å². The Morgan fingerprint density at radius 3 is 2.93 bits per heavy atom. The number of carbonyl (C=O) groups is 1. The molecule has 2 heterocycles. The number of hydrogen-bond acceptors (Lipinski definition) is 3. The lowest BCUT2D eigenvalue weighted by Gasteiger charge is -2.26. The molecule has 1 amide bonds. The summed E-state index contributed by atoms with van der Waals surface area (Å²) in [4.78, 5) is 16.2.